The molecular weight excluding hydrogens is 236 g/mol. The van der Waals surface area contributed by atoms with Crippen molar-refractivity contribution >= 4 is 5.69 Å². The highest BCUT2D eigenvalue weighted by molar-refractivity contribution is 5.60. The molecule has 0 bridgehead atoms. The van der Waals surface area contributed by atoms with Crippen molar-refractivity contribution in [1.82, 2.24) is 5.32 Å². The van der Waals surface area contributed by atoms with E-state index >= 15 is 0 Å². The summed E-state index contributed by atoms with van der Waals surface area (Å²) >= 11 is 0. The highest BCUT2D eigenvalue weighted by atomic mass is 16.5. The lowest BCUT2D eigenvalue weighted by Gasteiger charge is -2.45. The summed E-state index contributed by atoms with van der Waals surface area (Å²) in [5.41, 5.74) is 1.56. The maximum Gasteiger partial charge on any atom is 0.142 e. The lowest BCUT2D eigenvalue weighted by Crippen LogP contribution is -2.53. The zero-order chi connectivity index (χ0) is 13.5. The quantitative estimate of drug-likeness (QED) is 0.885. The van der Waals surface area contributed by atoms with Crippen LogP contribution in [0, 0.1) is 5.41 Å². The first-order chi connectivity index (χ1) is 9.13. The summed E-state index contributed by atoms with van der Waals surface area (Å²) in [7, 11) is 1.76. The molecule has 2 fully saturated rings. The van der Waals surface area contributed by atoms with Gasteiger partial charge >= 0.3 is 0 Å². The third-order valence-electron chi connectivity index (χ3n) is 4.65. The molecule has 1 aromatic rings. The van der Waals surface area contributed by atoms with Crippen molar-refractivity contribution in [2.75, 3.05) is 25.1 Å². The first kappa shape index (κ1) is 12.8. The Kier molecular flexibility index (Phi) is 3.17. The van der Waals surface area contributed by atoms with E-state index in [0.717, 1.165) is 18.8 Å². The number of nitrogens with zero attached hydrogens (tertiary/aromatic N) is 1. The Morgan fingerprint density at radius 3 is 2.89 bits per heavy atom. The van der Waals surface area contributed by atoms with Crippen molar-refractivity contribution in [1.29, 1.82) is 0 Å². The predicted octanol–water partition coefficient (Wildman–Crippen LogP) is 2.66. The van der Waals surface area contributed by atoms with Crippen LogP contribution in [0.5, 0.6) is 5.75 Å². The van der Waals surface area contributed by atoms with Crippen LogP contribution in [0.4, 0.5) is 5.69 Å². The van der Waals surface area contributed by atoms with Gasteiger partial charge in [-0.15, -0.1) is 0 Å². The summed E-state index contributed by atoms with van der Waals surface area (Å²) in [4.78, 5) is 2.56. The molecule has 2 saturated heterocycles. The van der Waals surface area contributed by atoms with E-state index in [1.54, 1.807) is 7.11 Å². The van der Waals surface area contributed by atoms with Crippen molar-refractivity contribution in [2.45, 2.75) is 38.8 Å². The Balaban J connectivity index is 1.98. The maximum absolute atomic E-state index is 5.55. The van der Waals surface area contributed by atoms with Gasteiger partial charge in [-0.2, -0.15) is 0 Å². The molecule has 2 heterocycles. The fraction of sp³-hybridized carbons (Fsp3) is 0.625. The van der Waals surface area contributed by atoms with E-state index in [9.17, 15) is 0 Å². The largest absolute Gasteiger partial charge is 0.495 e. The molecular formula is C16H24N2O. The van der Waals surface area contributed by atoms with Gasteiger partial charge in [0.05, 0.1) is 18.8 Å². The normalized spacial score (nSPS) is 29.1. The van der Waals surface area contributed by atoms with E-state index in [0.29, 0.717) is 17.5 Å². The number of methoxy groups -OCH3 is 1. The smallest absolute Gasteiger partial charge is 0.142 e. The van der Waals surface area contributed by atoms with E-state index in [-0.39, 0.29) is 0 Å². The predicted molar refractivity (Wildman–Crippen MR) is 78.9 cm³/mol. The Morgan fingerprint density at radius 2 is 2.11 bits per heavy atom. The van der Waals surface area contributed by atoms with Crippen molar-refractivity contribution < 1.29 is 4.74 Å². The molecule has 3 heteroatoms. The van der Waals surface area contributed by atoms with Gasteiger partial charge in [0, 0.05) is 19.1 Å². The summed E-state index contributed by atoms with van der Waals surface area (Å²) in [5, 5.41) is 3.70. The molecule has 0 amide bonds. The zero-order valence-electron chi connectivity index (χ0n) is 12.1. The number of rotatable bonds is 2. The number of nitrogens with one attached hydrogen (secondary N) is 1. The average Bonchev–Trinajstić information content (AvgIpc) is 2.75. The Hall–Kier alpha value is -1.22. The second-order valence-corrected chi connectivity index (χ2v) is 6.43. The van der Waals surface area contributed by atoms with Gasteiger partial charge in [0.2, 0.25) is 0 Å². The third kappa shape index (κ3) is 2.10. The molecule has 0 saturated carbocycles. The van der Waals surface area contributed by atoms with Crippen LogP contribution in [-0.4, -0.2) is 32.3 Å². The summed E-state index contributed by atoms with van der Waals surface area (Å²) in [6, 6.07) is 9.59. The SMILES string of the molecule is COc1ccccc1N1CCCC2NCC(C)(C)C21. The number of fused-ring (bicyclic) bond motifs is 1. The summed E-state index contributed by atoms with van der Waals surface area (Å²) < 4.78 is 5.55. The number of piperidine rings is 1. The van der Waals surface area contributed by atoms with Gasteiger partial charge in [-0.05, 0) is 30.4 Å². The lowest BCUT2D eigenvalue weighted by atomic mass is 9.80. The van der Waals surface area contributed by atoms with Gasteiger partial charge in [0.25, 0.3) is 0 Å². The van der Waals surface area contributed by atoms with Gasteiger partial charge in [-0.3, -0.25) is 0 Å². The van der Waals surface area contributed by atoms with Crippen LogP contribution in [0.1, 0.15) is 26.7 Å². The Labute approximate surface area is 115 Å². The van der Waals surface area contributed by atoms with E-state index in [1.807, 2.05) is 6.07 Å². The van der Waals surface area contributed by atoms with Crippen LogP contribution < -0.4 is 15.0 Å². The molecule has 0 radical (unpaired) electrons. The number of anilines is 1. The Bertz CT molecular complexity index is 458. The van der Waals surface area contributed by atoms with Crippen LogP contribution in [0.15, 0.2) is 24.3 Å². The van der Waals surface area contributed by atoms with Gasteiger partial charge < -0.3 is 15.0 Å². The molecule has 0 aromatic heterocycles. The summed E-state index contributed by atoms with van der Waals surface area (Å²) in [5.74, 6) is 0.992. The topological polar surface area (TPSA) is 24.5 Å². The zero-order valence-corrected chi connectivity index (χ0v) is 12.1. The lowest BCUT2D eigenvalue weighted by molar-refractivity contribution is 0.289. The third-order valence-corrected chi connectivity index (χ3v) is 4.65. The molecule has 2 unspecified atom stereocenters. The molecule has 2 atom stereocenters. The number of hydrogen-bond donors (Lipinski definition) is 1. The summed E-state index contributed by atoms with van der Waals surface area (Å²) in [6.07, 6.45) is 2.54. The van der Waals surface area contributed by atoms with E-state index < -0.39 is 0 Å². The van der Waals surface area contributed by atoms with Crippen LogP contribution in [0.25, 0.3) is 0 Å². The highest BCUT2D eigenvalue weighted by Gasteiger charge is 2.47. The van der Waals surface area contributed by atoms with Crippen LogP contribution in [0.2, 0.25) is 0 Å². The van der Waals surface area contributed by atoms with Gasteiger partial charge in [-0.1, -0.05) is 26.0 Å². The number of para-hydroxylation sites is 2. The maximum atomic E-state index is 5.55. The molecule has 1 aromatic carbocycles. The molecule has 104 valence electrons. The minimum atomic E-state index is 0.311. The summed E-state index contributed by atoms with van der Waals surface area (Å²) in [6.45, 7) is 6.98. The van der Waals surface area contributed by atoms with Crippen molar-refractivity contribution in [3.8, 4) is 5.75 Å². The van der Waals surface area contributed by atoms with E-state index in [2.05, 4.69) is 42.3 Å². The van der Waals surface area contributed by atoms with Gasteiger partial charge in [0.1, 0.15) is 5.75 Å². The standard InChI is InChI=1S/C16H24N2O/c1-16(2)11-17-12-7-6-10-18(15(12)16)13-8-4-5-9-14(13)19-3/h4-5,8-9,12,15,17H,6-7,10-11H2,1-3H3. The van der Waals surface area contributed by atoms with Crippen molar-refractivity contribution in [3.05, 3.63) is 24.3 Å². The highest BCUT2D eigenvalue weighted by Crippen LogP contribution is 2.41. The monoisotopic (exact) mass is 260 g/mol. The number of hydrogen-bond acceptors (Lipinski definition) is 3. The fourth-order valence-corrected chi connectivity index (χ4v) is 3.81. The molecule has 2 aliphatic heterocycles. The average molecular weight is 260 g/mol. The Morgan fingerprint density at radius 1 is 1.32 bits per heavy atom. The molecule has 1 N–H and O–H groups in total. The minimum absolute atomic E-state index is 0.311. The second-order valence-electron chi connectivity index (χ2n) is 6.43. The number of ether oxygens (including phenoxy) is 1. The van der Waals surface area contributed by atoms with Crippen molar-refractivity contribution in [3.63, 3.8) is 0 Å². The van der Waals surface area contributed by atoms with E-state index in [4.69, 9.17) is 4.74 Å². The van der Waals surface area contributed by atoms with Crippen LogP contribution in [-0.2, 0) is 0 Å². The van der Waals surface area contributed by atoms with Crippen LogP contribution in [0.3, 0.4) is 0 Å². The van der Waals surface area contributed by atoms with Gasteiger partial charge in [-0.25, -0.2) is 0 Å². The first-order valence-electron chi connectivity index (χ1n) is 7.26. The van der Waals surface area contributed by atoms with E-state index in [1.165, 1.54) is 18.5 Å². The van der Waals surface area contributed by atoms with Crippen LogP contribution >= 0.6 is 0 Å². The minimum Gasteiger partial charge on any atom is -0.495 e. The fourth-order valence-electron chi connectivity index (χ4n) is 3.81. The first-order valence-corrected chi connectivity index (χ1v) is 7.26. The molecule has 3 rings (SSSR count). The van der Waals surface area contributed by atoms with Crippen molar-refractivity contribution in [2.24, 2.45) is 5.41 Å². The molecule has 2 aliphatic rings. The molecule has 3 nitrogen and oxygen atoms in total. The van der Waals surface area contributed by atoms with Gasteiger partial charge in [0.15, 0.2) is 0 Å². The second kappa shape index (κ2) is 4.71. The molecule has 0 spiro atoms. The molecule has 0 aliphatic carbocycles. The number of benzene rings is 1. The molecule has 19 heavy (non-hydrogen) atoms.